The second kappa shape index (κ2) is 8.10. The van der Waals surface area contributed by atoms with Gasteiger partial charge in [-0.2, -0.15) is 0 Å². The topological polar surface area (TPSA) is 21.3 Å². The van der Waals surface area contributed by atoms with Crippen molar-refractivity contribution in [1.29, 1.82) is 0 Å². The molecule has 21 heavy (non-hydrogen) atoms. The van der Waals surface area contributed by atoms with Crippen molar-refractivity contribution in [2.24, 2.45) is 0 Å². The summed E-state index contributed by atoms with van der Waals surface area (Å²) in [5.41, 5.74) is 0.587. The van der Waals surface area contributed by atoms with Gasteiger partial charge in [-0.05, 0) is 42.1 Å². The van der Waals surface area contributed by atoms with Gasteiger partial charge >= 0.3 is 0 Å². The summed E-state index contributed by atoms with van der Waals surface area (Å²) < 4.78 is 33.0. The fourth-order valence-corrected chi connectivity index (χ4v) is 2.66. The van der Waals surface area contributed by atoms with Gasteiger partial charge in [-0.15, -0.1) is 11.3 Å². The number of hydrogen-bond acceptors (Lipinski definition) is 3. The van der Waals surface area contributed by atoms with E-state index in [4.69, 9.17) is 4.74 Å². The lowest BCUT2D eigenvalue weighted by Gasteiger charge is -2.10. The first kappa shape index (κ1) is 15.9. The number of halogens is 2. The van der Waals surface area contributed by atoms with E-state index in [1.54, 1.807) is 11.3 Å². The number of ether oxygens (including phenoxy) is 1. The zero-order chi connectivity index (χ0) is 15.1. The molecule has 0 radical (unpaired) electrons. The Balaban J connectivity index is 1.93. The van der Waals surface area contributed by atoms with Crippen molar-refractivity contribution in [2.75, 3.05) is 13.2 Å². The van der Waals surface area contributed by atoms with E-state index >= 15 is 0 Å². The maximum atomic E-state index is 13.9. The molecule has 2 nitrogen and oxygen atoms in total. The summed E-state index contributed by atoms with van der Waals surface area (Å²) in [6.45, 7) is 3.58. The van der Waals surface area contributed by atoms with E-state index in [9.17, 15) is 8.78 Å². The third-order valence-corrected chi connectivity index (χ3v) is 3.93. The number of benzene rings is 1. The van der Waals surface area contributed by atoms with E-state index in [0.717, 1.165) is 17.8 Å². The van der Waals surface area contributed by atoms with Crippen LogP contribution in [0, 0.1) is 11.6 Å². The molecule has 0 aliphatic rings. The Kier molecular flexibility index (Phi) is 6.14. The van der Waals surface area contributed by atoms with Crippen molar-refractivity contribution in [2.45, 2.75) is 26.3 Å². The molecule has 0 bridgehead atoms. The van der Waals surface area contributed by atoms with Crippen LogP contribution in [0.3, 0.4) is 0 Å². The molecule has 0 saturated carbocycles. The number of thiophene rings is 1. The fourth-order valence-electron chi connectivity index (χ4n) is 1.97. The van der Waals surface area contributed by atoms with Crippen LogP contribution < -0.4 is 10.1 Å². The van der Waals surface area contributed by atoms with Gasteiger partial charge in [0, 0.05) is 17.8 Å². The van der Waals surface area contributed by atoms with Crippen molar-refractivity contribution in [3.8, 4) is 5.75 Å². The van der Waals surface area contributed by atoms with Crippen molar-refractivity contribution in [1.82, 2.24) is 5.32 Å². The van der Waals surface area contributed by atoms with Gasteiger partial charge < -0.3 is 10.1 Å². The van der Waals surface area contributed by atoms with Gasteiger partial charge in [-0.25, -0.2) is 8.78 Å². The van der Waals surface area contributed by atoms with E-state index in [2.05, 4.69) is 5.32 Å². The van der Waals surface area contributed by atoms with E-state index < -0.39 is 11.6 Å². The summed E-state index contributed by atoms with van der Waals surface area (Å²) in [6, 6.07) is 6.57. The minimum absolute atomic E-state index is 0.266. The van der Waals surface area contributed by atoms with Crippen LogP contribution in [0.4, 0.5) is 8.78 Å². The molecule has 2 aromatic rings. The molecule has 0 unspecified atom stereocenters. The predicted octanol–water partition coefficient (Wildman–Crippen LogP) is 4.15. The van der Waals surface area contributed by atoms with Gasteiger partial charge in [-0.1, -0.05) is 13.0 Å². The maximum absolute atomic E-state index is 13.9. The number of hydrogen-bond donors (Lipinski definition) is 1. The lowest BCUT2D eigenvalue weighted by atomic mass is 10.2. The summed E-state index contributed by atoms with van der Waals surface area (Å²) in [5.74, 6) is -1.57. The lowest BCUT2D eigenvalue weighted by molar-refractivity contribution is 0.288. The Hall–Kier alpha value is -1.46. The van der Waals surface area contributed by atoms with Gasteiger partial charge in [0.15, 0.2) is 17.4 Å². The second-order valence-electron chi connectivity index (χ2n) is 4.74. The molecule has 0 aliphatic carbocycles. The summed E-state index contributed by atoms with van der Waals surface area (Å²) >= 11 is 1.60. The first-order chi connectivity index (χ1) is 10.2. The largest absolute Gasteiger partial charge is 0.487 e. The van der Waals surface area contributed by atoms with Crippen molar-refractivity contribution < 1.29 is 13.5 Å². The number of nitrogens with one attached hydrogen (secondary N) is 1. The SMILES string of the molecule is CCCNCc1cc(F)c(OCCc2cccs2)c(F)c1. The lowest BCUT2D eigenvalue weighted by Crippen LogP contribution is -2.14. The molecule has 1 heterocycles. The van der Waals surface area contributed by atoms with Crippen LogP contribution >= 0.6 is 11.3 Å². The summed E-state index contributed by atoms with van der Waals surface area (Å²) in [4.78, 5) is 1.14. The third kappa shape index (κ3) is 4.79. The first-order valence-corrected chi connectivity index (χ1v) is 7.92. The van der Waals surface area contributed by atoms with Crippen LogP contribution in [0.15, 0.2) is 29.6 Å². The van der Waals surface area contributed by atoms with Gasteiger partial charge in [-0.3, -0.25) is 0 Å². The average Bonchev–Trinajstić information content (AvgIpc) is 2.95. The Morgan fingerprint density at radius 3 is 2.62 bits per heavy atom. The quantitative estimate of drug-likeness (QED) is 0.740. The van der Waals surface area contributed by atoms with E-state index in [0.29, 0.717) is 18.5 Å². The fraction of sp³-hybridized carbons (Fsp3) is 0.375. The minimum Gasteiger partial charge on any atom is -0.487 e. The molecule has 0 aliphatic heterocycles. The highest BCUT2D eigenvalue weighted by atomic mass is 32.1. The predicted molar refractivity (Wildman–Crippen MR) is 81.9 cm³/mol. The van der Waals surface area contributed by atoms with Crippen LogP contribution in [0.5, 0.6) is 5.75 Å². The molecular formula is C16H19F2NOS. The molecule has 114 valence electrons. The molecule has 0 spiro atoms. The Labute approximate surface area is 127 Å². The normalized spacial score (nSPS) is 10.8. The summed E-state index contributed by atoms with van der Waals surface area (Å²) in [6.07, 6.45) is 1.63. The average molecular weight is 311 g/mol. The van der Waals surface area contributed by atoms with Gasteiger partial charge in [0.2, 0.25) is 0 Å². The van der Waals surface area contributed by atoms with Crippen LogP contribution in [-0.4, -0.2) is 13.2 Å². The molecule has 0 fully saturated rings. The standard InChI is InChI=1S/C16H19F2NOS/c1-2-6-19-11-12-9-14(17)16(15(18)10-12)20-7-5-13-4-3-8-21-13/h3-4,8-10,19H,2,5-7,11H2,1H3. The zero-order valence-electron chi connectivity index (χ0n) is 12.0. The Bertz CT molecular complexity index is 534. The molecule has 0 saturated heterocycles. The van der Waals surface area contributed by atoms with E-state index in [-0.39, 0.29) is 12.4 Å². The summed E-state index contributed by atoms with van der Waals surface area (Å²) in [7, 11) is 0. The smallest absolute Gasteiger partial charge is 0.190 e. The Morgan fingerprint density at radius 2 is 2.00 bits per heavy atom. The Morgan fingerprint density at radius 1 is 1.24 bits per heavy atom. The molecule has 5 heteroatoms. The highest BCUT2D eigenvalue weighted by Crippen LogP contribution is 2.24. The maximum Gasteiger partial charge on any atom is 0.190 e. The molecule has 0 atom stereocenters. The van der Waals surface area contributed by atoms with Crippen molar-refractivity contribution in [3.05, 3.63) is 51.7 Å². The van der Waals surface area contributed by atoms with Crippen LogP contribution in [-0.2, 0) is 13.0 Å². The third-order valence-electron chi connectivity index (χ3n) is 2.99. The highest BCUT2D eigenvalue weighted by molar-refractivity contribution is 7.09. The summed E-state index contributed by atoms with van der Waals surface area (Å²) in [5, 5.41) is 5.08. The van der Waals surface area contributed by atoms with Gasteiger partial charge in [0.05, 0.1) is 6.61 Å². The van der Waals surface area contributed by atoms with Crippen LogP contribution in [0.1, 0.15) is 23.8 Å². The van der Waals surface area contributed by atoms with Crippen molar-refractivity contribution in [3.63, 3.8) is 0 Å². The van der Waals surface area contributed by atoms with Crippen LogP contribution in [0.2, 0.25) is 0 Å². The van der Waals surface area contributed by atoms with Crippen molar-refractivity contribution >= 4 is 11.3 Å². The number of rotatable bonds is 8. The molecule has 1 N–H and O–H groups in total. The van der Waals surface area contributed by atoms with Crippen LogP contribution in [0.25, 0.3) is 0 Å². The van der Waals surface area contributed by atoms with E-state index in [1.807, 2.05) is 24.4 Å². The van der Waals surface area contributed by atoms with Gasteiger partial charge in [0.25, 0.3) is 0 Å². The highest BCUT2D eigenvalue weighted by Gasteiger charge is 2.12. The zero-order valence-corrected chi connectivity index (χ0v) is 12.8. The molecule has 1 aromatic heterocycles. The first-order valence-electron chi connectivity index (χ1n) is 7.04. The second-order valence-corrected chi connectivity index (χ2v) is 5.78. The monoisotopic (exact) mass is 311 g/mol. The molecular weight excluding hydrogens is 292 g/mol. The molecule has 2 rings (SSSR count). The molecule has 1 aromatic carbocycles. The van der Waals surface area contributed by atoms with E-state index in [1.165, 1.54) is 12.1 Å². The molecule has 0 amide bonds. The minimum atomic E-state index is -0.644. The van der Waals surface area contributed by atoms with Gasteiger partial charge in [0.1, 0.15) is 0 Å².